The Morgan fingerprint density at radius 1 is 0.786 bits per heavy atom. The van der Waals surface area contributed by atoms with Crippen molar-refractivity contribution in [2.75, 3.05) is 11.5 Å². The van der Waals surface area contributed by atoms with Crippen LogP contribution in [-0.2, 0) is 0 Å². The molecule has 3 aliphatic rings. The van der Waals surface area contributed by atoms with E-state index in [4.69, 9.17) is 0 Å². The van der Waals surface area contributed by atoms with Gasteiger partial charge in [-0.1, -0.05) is 105 Å². The van der Waals surface area contributed by atoms with Crippen LogP contribution in [0.3, 0.4) is 0 Å². The highest BCUT2D eigenvalue weighted by atomic mass is 32.3. The monoisotopic (exact) mass is 488 g/mol. The molecule has 156 valence electrons. The van der Waals surface area contributed by atoms with Crippen molar-refractivity contribution < 1.29 is 0 Å². The zero-order valence-corrected chi connectivity index (χ0v) is 22.2. The van der Waals surface area contributed by atoms with Crippen molar-refractivity contribution in [3.63, 3.8) is 0 Å². The van der Waals surface area contributed by atoms with Gasteiger partial charge in [0, 0.05) is 9.81 Å². The van der Waals surface area contributed by atoms with Crippen LogP contribution in [0.4, 0.5) is 0 Å². The molecular formula is C22H32S6. The molecule has 1 fully saturated rings. The molecule has 2 aliphatic heterocycles. The average Bonchev–Trinajstić information content (AvgIpc) is 3.32. The van der Waals surface area contributed by atoms with Gasteiger partial charge in [0.05, 0.1) is 16.9 Å². The third kappa shape index (κ3) is 6.53. The maximum absolute atomic E-state index is 2.47. The normalized spacial score (nSPS) is 19.8. The highest BCUT2D eigenvalue weighted by Gasteiger charge is 2.32. The van der Waals surface area contributed by atoms with E-state index in [9.17, 15) is 0 Å². The molecule has 0 aromatic rings. The van der Waals surface area contributed by atoms with E-state index in [1.54, 1.807) is 27.4 Å². The zero-order chi connectivity index (χ0) is 19.8. The van der Waals surface area contributed by atoms with Gasteiger partial charge in [-0.05, 0) is 43.6 Å². The predicted octanol–water partition coefficient (Wildman–Crippen LogP) is 10.4. The van der Waals surface area contributed by atoms with Crippen LogP contribution in [0.15, 0.2) is 38.4 Å². The van der Waals surface area contributed by atoms with Crippen LogP contribution in [0.5, 0.6) is 0 Å². The Hall–Kier alpha value is 1.06. The first-order chi connectivity index (χ1) is 13.8. The molecule has 2 heterocycles. The average molecular weight is 489 g/mol. The van der Waals surface area contributed by atoms with Gasteiger partial charge < -0.3 is 0 Å². The van der Waals surface area contributed by atoms with Gasteiger partial charge in [0.2, 0.25) is 0 Å². The van der Waals surface area contributed by atoms with Gasteiger partial charge in [-0.25, -0.2) is 0 Å². The molecule has 0 saturated carbocycles. The van der Waals surface area contributed by atoms with Gasteiger partial charge in [-0.2, -0.15) is 0 Å². The largest absolute Gasteiger partial charge is 0.117 e. The van der Waals surface area contributed by atoms with Gasteiger partial charge in [0.25, 0.3) is 0 Å². The standard InChI is InChI=1S/C22H32S6/c1-4-7-9-14-23-19-20(24-15-10-8-5-2)28-22(27-19)21-25-17-13-11-12-16(6-3)18(17)26-21/h13H,4-12,14-15H2,1-3H3. The smallest absolute Gasteiger partial charge is 0.0717 e. The van der Waals surface area contributed by atoms with Gasteiger partial charge in [-0.3, -0.25) is 0 Å². The summed E-state index contributed by atoms with van der Waals surface area (Å²) < 4.78 is 6.25. The van der Waals surface area contributed by atoms with Gasteiger partial charge >= 0.3 is 0 Å². The summed E-state index contributed by atoms with van der Waals surface area (Å²) in [7, 11) is 0. The van der Waals surface area contributed by atoms with E-state index >= 15 is 0 Å². The quantitative estimate of drug-likeness (QED) is 0.263. The van der Waals surface area contributed by atoms with E-state index in [0.29, 0.717) is 0 Å². The first-order valence-electron chi connectivity index (χ1n) is 10.6. The maximum atomic E-state index is 2.47. The number of unbranched alkanes of at least 4 members (excludes halogenated alkanes) is 4. The van der Waals surface area contributed by atoms with Crippen LogP contribution in [0.1, 0.15) is 78.6 Å². The number of hydrogen-bond donors (Lipinski definition) is 0. The van der Waals surface area contributed by atoms with E-state index < -0.39 is 0 Å². The molecule has 1 aliphatic carbocycles. The van der Waals surface area contributed by atoms with Crippen LogP contribution in [0, 0.1) is 0 Å². The fraction of sp³-hybridized carbons (Fsp3) is 0.636. The van der Waals surface area contributed by atoms with E-state index in [-0.39, 0.29) is 0 Å². The van der Waals surface area contributed by atoms with Crippen molar-refractivity contribution in [2.24, 2.45) is 0 Å². The summed E-state index contributed by atoms with van der Waals surface area (Å²) in [5, 5.41) is 0. The number of allylic oxidation sites excluding steroid dienone is 2. The molecule has 0 unspecified atom stereocenters. The summed E-state index contributed by atoms with van der Waals surface area (Å²) in [4.78, 5) is 3.13. The first-order valence-corrected chi connectivity index (χ1v) is 15.9. The van der Waals surface area contributed by atoms with Crippen LogP contribution in [0.2, 0.25) is 0 Å². The Morgan fingerprint density at radius 2 is 1.39 bits per heavy atom. The molecule has 0 nitrogen and oxygen atoms in total. The van der Waals surface area contributed by atoms with Crippen LogP contribution < -0.4 is 0 Å². The van der Waals surface area contributed by atoms with E-state index in [0.717, 1.165) is 0 Å². The molecule has 0 radical (unpaired) electrons. The molecule has 6 heteroatoms. The third-order valence-electron chi connectivity index (χ3n) is 4.81. The lowest BCUT2D eigenvalue weighted by Crippen LogP contribution is -1.92. The summed E-state index contributed by atoms with van der Waals surface area (Å²) in [5.41, 5.74) is 1.68. The van der Waals surface area contributed by atoms with Crippen molar-refractivity contribution in [2.45, 2.75) is 78.6 Å². The summed E-state index contributed by atoms with van der Waals surface area (Å²) >= 11 is 12.4. The van der Waals surface area contributed by atoms with Crippen molar-refractivity contribution in [1.29, 1.82) is 0 Å². The second kappa shape index (κ2) is 12.8. The van der Waals surface area contributed by atoms with E-state index in [1.165, 1.54) is 74.2 Å². The van der Waals surface area contributed by atoms with Crippen LogP contribution in [-0.4, -0.2) is 11.5 Å². The van der Waals surface area contributed by atoms with E-state index in [2.05, 4.69) is 85.7 Å². The van der Waals surface area contributed by atoms with Crippen molar-refractivity contribution >= 4 is 70.6 Å². The number of rotatable bonds is 11. The van der Waals surface area contributed by atoms with Gasteiger partial charge in [0.1, 0.15) is 0 Å². The van der Waals surface area contributed by atoms with Crippen LogP contribution >= 0.6 is 70.6 Å². The molecule has 28 heavy (non-hydrogen) atoms. The minimum absolute atomic E-state index is 1.21. The van der Waals surface area contributed by atoms with Crippen molar-refractivity contribution in [1.82, 2.24) is 0 Å². The minimum Gasteiger partial charge on any atom is -0.117 e. The summed E-state index contributed by atoms with van der Waals surface area (Å²) in [6, 6.07) is 0. The fourth-order valence-electron chi connectivity index (χ4n) is 3.17. The second-order valence-corrected chi connectivity index (χ2v) is 14.4. The molecule has 0 aromatic heterocycles. The highest BCUT2D eigenvalue weighted by molar-refractivity contribution is 8.42. The molecular weight excluding hydrogens is 457 g/mol. The third-order valence-corrected chi connectivity index (χ3v) is 13.7. The van der Waals surface area contributed by atoms with Crippen LogP contribution in [0.25, 0.3) is 0 Å². The molecule has 0 amide bonds. The topological polar surface area (TPSA) is 0 Å². The molecule has 1 saturated heterocycles. The van der Waals surface area contributed by atoms with Gasteiger partial charge in [-0.15, -0.1) is 23.5 Å². The first kappa shape index (κ1) is 23.7. The van der Waals surface area contributed by atoms with Crippen molar-refractivity contribution in [3.8, 4) is 0 Å². The molecule has 0 bridgehead atoms. The summed E-state index contributed by atoms with van der Waals surface area (Å²) in [6.45, 7) is 6.91. The summed E-state index contributed by atoms with van der Waals surface area (Å²) in [6.07, 6.45) is 14.2. The lowest BCUT2D eigenvalue weighted by Gasteiger charge is -2.12. The second-order valence-electron chi connectivity index (χ2n) is 7.06. The summed E-state index contributed by atoms with van der Waals surface area (Å²) in [5.74, 6) is 2.55. The molecule has 0 spiro atoms. The van der Waals surface area contributed by atoms with E-state index in [1.807, 2.05) is 11.8 Å². The predicted molar refractivity (Wildman–Crippen MR) is 143 cm³/mol. The number of fused-ring (bicyclic) bond motifs is 1. The molecule has 0 N–H and O–H groups in total. The minimum atomic E-state index is 1.21. The zero-order valence-electron chi connectivity index (χ0n) is 17.3. The number of hydrogen-bond acceptors (Lipinski definition) is 6. The lowest BCUT2D eigenvalue weighted by atomic mass is 10.0. The van der Waals surface area contributed by atoms with Crippen molar-refractivity contribution in [3.05, 3.63) is 38.4 Å². The molecule has 0 aromatic carbocycles. The Morgan fingerprint density at radius 3 is 1.96 bits per heavy atom. The Balaban J connectivity index is 1.68. The Labute approximate surface area is 197 Å². The number of thioether (sulfide) groups is 6. The van der Waals surface area contributed by atoms with Gasteiger partial charge in [0.15, 0.2) is 0 Å². The maximum Gasteiger partial charge on any atom is 0.0717 e. The highest BCUT2D eigenvalue weighted by Crippen LogP contribution is 2.65. The fourth-order valence-corrected chi connectivity index (χ4v) is 12.3. The molecule has 0 atom stereocenters. The Bertz CT molecular complexity index is 645. The Kier molecular flexibility index (Phi) is 10.8. The lowest BCUT2D eigenvalue weighted by molar-refractivity contribution is 0.779. The SMILES string of the molecule is CCCCCSC1=C(SCCCCC)SC(=C2SC3=CCCC(CC)=C3S2)S1. The molecule has 3 rings (SSSR count).